The first-order chi connectivity index (χ1) is 8.19. The largest absolute Gasteiger partial charge is 0.314 e. The quantitative estimate of drug-likeness (QED) is 0.759. The minimum absolute atomic E-state index is 0.583. The minimum Gasteiger partial charge on any atom is -0.314 e. The second-order valence-electron chi connectivity index (χ2n) is 4.29. The second-order valence-corrected chi connectivity index (χ2v) is 5.08. The van der Waals surface area contributed by atoms with Crippen LogP contribution in [0.5, 0.6) is 0 Å². The van der Waals surface area contributed by atoms with Gasteiger partial charge in [0.2, 0.25) is 0 Å². The van der Waals surface area contributed by atoms with Crippen molar-refractivity contribution in [2.24, 2.45) is 0 Å². The van der Waals surface area contributed by atoms with Gasteiger partial charge in [0.25, 0.3) is 0 Å². The van der Waals surface area contributed by atoms with Crippen LogP contribution in [0, 0.1) is 0 Å². The Morgan fingerprint density at radius 1 is 1.18 bits per heavy atom. The van der Waals surface area contributed by atoms with Crippen LogP contribution in [-0.4, -0.2) is 12.6 Å². The van der Waals surface area contributed by atoms with Gasteiger partial charge in [-0.3, -0.25) is 0 Å². The summed E-state index contributed by atoms with van der Waals surface area (Å²) in [5, 5.41) is 4.87. The van der Waals surface area contributed by atoms with E-state index in [1.807, 2.05) is 12.1 Å². The van der Waals surface area contributed by atoms with E-state index in [4.69, 9.17) is 23.2 Å². The molecule has 0 aliphatic heterocycles. The first kappa shape index (κ1) is 14.8. The molecule has 0 heterocycles. The number of hydrogen-bond acceptors (Lipinski definition) is 1. The Kier molecular flexibility index (Phi) is 6.94. The molecule has 0 aliphatic carbocycles. The molecule has 0 fully saturated rings. The third-order valence-electron chi connectivity index (χ3n) is 2.92. The van der Waals surface area contributed by atoms with Gasteiger partial charge in [-0.25, -0.2) is 0 Å². The van der Waals surface area contributed by atoms with Crippen molar-refractivity contribution in [1.29, 1.82) is 0 Å². The summed E-state index contributed by atoms with van der Waals surface area (Å²) in [6.07, 6.45) is 4.52. The lowest BCUT2D eigenvalue weighted by Crippen LogP contribution is -2.29. The van der Waals surface area contributed by atoms with Crippen molar-refractivity contribution in [1.82, 2.24) is 5.32 Å². The Labute approximate surface area is 115 Å². The van der Waals surface area contributed by atoms with E-state index in [1.165, 1.54) is 12.8 Å². The molecule has 1 nitrogen and oxygen atoms in total. The Balaban J connectivity index is 2.55. The van der Waals surface area contributed by atoms with Crippen molar-refractivity contribution in [2.75, 3.05) is 6.54 Å². The van der Waals surface area contributed by atoms with Crippen LogP contribution in [0.4, 0.5) is 0 Å². The van der Waals surface area contributed by atoms with Gasteiger partial charge in [0, 0.05) is 6.04 Å². The zero-order chi connectivity index (χ0) is 12.7. The van der Waals surface area contributed by atoms with E-state index in [9.17, 15) is 0 Å². The molecule has 1 unspecified atom stereocenters. The molecule has 0 bridgehead atoms. The van der Waals surface area contributed by atoms with E-state index in [-0.39, 0.29) is 0 Å². The SMILES string of the molecule is CCCC(CCc1cccc(Cl)c1Cl)NCC. The molecule has 0 aromatic heterocycles. The molecular weight excluding hydrogens is 253 g/mol. The summed E-state index contributed by atoms with van der Waals surface area (Å²) in [6.45, 7) is 5.39. The van der Waals surface area contributed by atoms with Crippen LogP contribution in [0.3, 0.4) is 0 Å². The van der Waals surface area contributed by atoms with Crippen molar-refractivity contribution < 1.29 is 0 Å². The lowest BCUT2D eigenvalue weighted by atomic mass is 10.0. The number of rotatable bonds is 7. The molecule has 0 spiro atoms. The molecule has 96 valence electrons. The fraction of sp³-hybridized carbons (Fsp3) is 0.571. The van der Waals surface area contributed by atoms with Crippen LogP contribution in [0.25, 0.3) is 0 Å². The highest BCUT2D eigenvalue weighted by molar-refractivity contribution is 6.42. The van der Waals surface area contributed by atoms with Crippen LogP contribution in [0.2, 0.25) is 10.0 Å². The van der Waals surface area contributed by atoms with Crippen molar-refractivity contribution in [3.05, 3.63) is 33.8 Å². The molecule has 0 saturated carbocycles. The van der Waals surface area contributed by atoms with Crippen LogP contribution < -0.4 is 5.32 Å². The van der Waals surface area contributed by atoms with Crippen molar-refractivity contribution >= 4 is 23.2 Å². The zero-order valence-electron chi connectivity index (χ0n) is 10.6. The molecule has 3 heteroatoms. The molecule has 0 saturated heterocycles. The molecule has 17 heavy (non-hydrogen) atoms. The van der Waals surface area contributed by atoms with Gasteiger partial charge in [-0.2, -0.15) is 0 Å². The monoisotopic (exact) mass is 273 g/mol. The molecule has 1 rings (SSSR count). The summed E-state index contributed by atoms with van der Waals surface area (Å²) in [5.74, 6) is 0. The van der Waals surface area contributed by atoms with Crippen LogP contribution in [0.15, 0.2) is 18.2 Å². The first-order valence-corrected chi connectivity index (χ1v) is 7.10. The number of nitrogens with one attached hydrogen (secondary N) is 1. The third kappa shape index (κ3) is 4.87. The maximum Gasteiger partial charge on any atom is 0.0624 e. The number of hydrogen-bond donors (Lipinski definition) is 1. The Morgan fingerprint density at radius 3 is 2.59 bits per heavy atom. The lowest BCUT2D eigenvalue weighted by molar-refractivity contribution is 0.460. The molecule has 0 radical (unpaired) electrons. The van der Waals surface area contributed by atoms with E-state index >= 15 is 0 Å². The van der Waals surface area contributed by atoms with E-state index in [1.54, 1.807) is 0 Å². The Hall–Kier alpha value is -0.240. The number of benzene rings is 1. The second kappa shape index (κ2) is 7.97. The fourth-order valence-corrected chi connectivity index (χ4v) is 2.47. The topological polar surface area (TPSA) is 12.0 Å². The van der Waals surface area contributed by atoms with Crippen molar-refractivity contribution in [3.63, 3.8) is 0 Å². The third-order valence-corrected chi connectivity index (χ3v) is 3.78. The maximum absolute atomic E-state index is 6.18. The first-order valence-electron chi connectivity index (χ1n) is 6.35. The molecule has 1 atom stereocenters. The Morgan fingerprint density at radius 2 is 1.94 bits per heavy atom. The molecular formula is C14H21Cl2N. The highest BCUT2D eigenvalue weighted by atomic mass is 35.5. The van der Waals surface area contributed by atoms with Gasteiger partial charge in [-0.05, 0) is 37.4 Å². The lowest BCUT2D eigenvalue weighted by Gasteiger charge is -2.17. The van der Waals surface area contributed by atoms with Crippen molar-refractivity contribution in [2.45, 2.75) is 45.6 Å². The van der Waals surface area contributed by atoms with Gasteiger partial charge in [0.1, 0.15) is 0 Å². The summed E-state index contributed by atoms with van der Waals surface area (Å²) in [4.78, 5) is 0. The molecule has 1 N–H and O–H groups in total. The summed E-state index contributed by atoms with van der Waals surface area (Å²) in [6, 6.07) is 6.44. The highest BCUT2D eigenvalue weighted by Crippen LogP contribution is 2.26. The van der Waals surface area contributed by atoms with E-state index in [2.05, 4.69) is 25.2 Å². The molecule has 0 amide bonds. The molecule has 0 aliphatic rings. The summed E-state index contributed by atoms with van der Waals surface area (Å²) in [7, 11) is 0. The molecule has 1 aromatic carbocycles. The normalized spacial score (nSPS) is 12.7. The average Bonchev–Trinajstić information content (AvgIpc) is 2.31. The van der Waals surface area contributed by atoms with Gasteiger partial charge >= 0.3 is 0 Å². The smallest absolute Gasteiger partial charge is 0.0624 e. The van der Waals surface area contributed by atoms with Gasteiger partial charge in [0.05, 0.1) is 10.0 Å². The highest BCUT2D eigenvalue weighted by Gasteiger charge is 2.09. The number of aryl methyl sites for hydroxylation is 1. The van der Waals surface area contributed by atoms with Crippen molar-refractivity contribution in [3.8, 4) is 0 Å². The predicted octanol–water partition coefficient (Wildman–Crippen LogP) is 4.70. The van der Waals surface area contributed by atoms with E-state index in [0.717, 1.165) is 24.9 Å². The minimum atomic E-state index is 0.583. The summed E-state index contributed by atoms with van der Waals surface area (Å²) >= 11 is 12.2. The number of halogens is 2. The summed E-state index contributed by atoms with van der Waals surface area (Å²) < 4.78 is 0. The maximum atomic E-state index is 6.18. The Bertz CT molecular complexity index is 333. The van der Waals surface area contributed by atoms with Gasteiger partial charge in [-0.15, -0.1) is 0 Å². The standard InChI is InChI=1S/C14H21Cl2N/c1-3-6-12(17-4-2)10-9-11-7-5-8-13(15)14(11)16/h5,7-8,12,17H,3-4,6,9-10H2,1-2H3. The van der Waals surface area contributed by atoms with Crippen LogP contribution in [0.1, 0.15) is 38.7 Å². The van der Waals surface area contributed by atoms with Crippen LogP contribution in [-0.2, 0) is 6.42 Å². The van der Waals surface area contributed by atoms with Gasteiger partial charge in [-0.1, -0.05) is 55.6 Å². The van der Waals surface area contributed by atoms with Gasteiger partial charge < -0.3 is 5.32 Å². The zero-order valence-corrected chi connectivity index (χ0v) is 12.1. The summed E-state index contributed by atoms with van der Waals surface area (Å²) in [5.41, 5.74) is 1.15. The van der Waals surface area contributed by atoms with Crippen LogP contribution >= 0.6 is 23.2 Å². The van der Waals surface area contributed by atoms with E-state index < -0.39 is 0 Å². The molecule has 1 aromatic rings. The van der Waals surface area contributed by atoms with Gasteiger partial charge in [0.15, 0.2) is 0 Å². The fourth-order valence-electron chi connectivity index (χ4n) is 2.06. The predicted molar refractivity (Wildman–Crippen MR) is 77.2 cm³/mol. The average molecular weight is 274 g/mol. The van der Waals surface area contributed by atoms with E-state index in [0.29, 0.717) is 16.1 Å².